The molecule has 1 aromatic rings. The van der Waals surface area contributed by atoms with Crippen molar-refractivity contribution in [3.8, 4) is 0 Å². The van der Waals surface area contributed by atoms with Crippen molar-refractivity contribution < 1.29 is 0 Å². The largest absolute Gasteiger partial charge is 0.367 e. The fourth-order valence-corrected chi connectivity index (χ4v) is 1.14. The predicted octanol–water partition coefficient (Wildman–Crippen LogP) is 3.17. The molecule has 0 radical (unpaired) electrons. The van der Waals surface area contributed by atoms with Gasteiger partial charge < -0.3 is 4.98 Å². The second-order valence-electron chi connectivity index (χ2n) is 2.67. The monoisotopic (exact) mass is 161 g/mol. The van der Waals surface area contributed by atoms with Gasteiger partial charge in [-0.2, -0.15) is 0 Å². The number of aryl methyl sites for hydroxylation is 1. The van der Waals surface area contributed by atoms with Crippen LogP contribution in [0, 0.1) is 0 Å². The molecule has 0 aliphatic carbocycles. The van der Waals surface area contributed by atoms with Gasteiger partial charge in [0.05, 0.1) is 0 Å². The zero-order valence-electron chi connectivity index (χ0n) is 7.67. The van der Waals surface area contributed by atoms with Crippen molar-refractivity contribution >= 4 is 6.08 Å². The highest BCUT2D eigenvalue weighted by Gasteiger charge is 1.95. The number of allylic oxidation sites excluding steroid dienone is 3. The van der Waals surface area contributed by atoms with E-state index in [4.69, 9.17) is 0 Å². The maximum Gasteiger partial charge on any atom is 0.00809 e. The van der Waals surface area contributed by atoms with E-state index in [2.05, 4.69) is 30.3 Å². The van der Waals surface area contributed by atoms with Gasteiger partial charge in [0.25, 0.3) is 0 Å². The quantitative estimate of drug-likeness (QED) is 0.655. The van der Waals surface area contributed by atoms with Crippen LogP contribution < -0.4 is 0 Å². The van der Waals surface area contributed by atoms with Crippen LogP contribution in [0.2, 0.25) is 0 Å². The molecule has 0 bridgehead atoms. The highest BCUT2D eigenvalue weighted by molar-refractivity contribution is 5.54. The van der Waals surface area contributed by atoms with Crippen molar-refractivity contribution in [3.05, 3.63) is 41.7 Å². The summed E-state index contributed by atoms with van der Waals surface area (Å²) < 4.78 is 0. The second kappa shape index (κ2) is 4.60. The molecule has 1 nitrogen and oxygen atoms in total. The molecule has 0 aromatic carbocycles. The molecule has 0 aliphatic rings. The van der Waals surface area contributed by atoms with Crippen molar-refractivity contribution in [1.82, 2.24) is 4.98 Å². The Bertz CT molecular complexity index is 279. The third-order valence-electron chi connectivity index (χ3n) is 1.83. The highest BCUT2D eigenvalue weighted by atomic mass is 14.6. The molecule has 0 unspecified atom stereocenters. The van der Waals surface area contributed by atoms with Gasteiger partial charge in [0.1, 0.15) is 0 Å². The van der Waals surface area contributed by atoms with Crippen LogP contribution in [0.4, 0.5) is 0 Å². The van der Waals surface area contributed by atoms with E-state index in [1.165, 1.54) is 11.1 Å². The summed E-state index contributed by atoms with van der Waals surface area (Å²) in [5, 5.41) is 0. The summed E-state index contributed by atoms with van der Waals surface area (Å²) in [6.07, 6.45) is 13.4. The zero-order valence-corrected chi connectivity index (χ0v) is 7.67. The van der Waals surface area contributed by atoms with E-state index in [0.29, 0.717) is 0 Å². The van der Waals surface area contributed by atoms with Crippen LogP contribution in [0.3, 0.4) is 0 Å². The normalized spacial score (nSPS) is 11.8. The van der Waals surface area contributed by atoms with Crippen LogP contribution in [-0.4, -0.2) is 4.98 Å². The molecule has 0 saturated carbocycles. The second-order valence-corrected chi connectivity index (χ2v) is 2.67. The minimum atomic E-state index is 1.08. The fraction of sp³-hybridized carbons (Fsp3) is 0.273. The van der Waals surface area contributed by atoms with E-state index in [9.17, 15) is 0 Å². The molecule has 1 rings (SSSR count). The number of aromatic amines is 1. The van der Waals surface area contributed by atoms with Gasteiger partial charge in [-0.05, 0) is 24.5 Å². The number of nitrogens with one attached hydrogen (secondary N) is 1. The van der Waals surface area contributed by atoms with E-state index in [1.807, 2.05) is 25.3 Å². The number of hydrogen-bond acceptors (Lipinski definition) is 0. The maximum absolute atomic E-state index is 3.10. The van der Waals surface area contributed by atoms with Crippen LogP contribution in [0.5, 0.6) is 0 Å². The first-order valence-electron chi connectivity index (χ1n) is 4.33. The Kier molecular flexibility index (Phi) is 3.39. The van der Waals surface area contributed by atoms with Gasteiger partial charge in [0, 0.05) is 12.4 Å². The molecule has 1 N–H and O–H groups in total. The molecule has 0 atom stereocenters. The topological polar surface area (TPSA) is 15.8 Å². The summed E-state index contributed by atoms with van der Waals surface area (Å²) in [5.74, 6) is 0. The van der Waals surface area contributed by atoms with Crippen LogP contribution in [-0.2, 0) is 6.42 Å². The third-order valence-corrected chi connectivity index (χ3v) is 1.83. The number of hydrogen-bond donors (Lipinski definition) is 1. The first-order chi connectivity index (χ1) is 5.88. The van der Waals surface area contributed by atoms with Gasteiger partial charge in [-0.1, -0.05) is 31.2 Å². The lowest BCUT2D eigenvalue weighted by Gasteiger charge is -1.91. The summed E-state index contributed by atoms with van der Waals surface area (Å²) in [7, 11) is 0. The van der Waals surface area contributed by atoms with Crippen molar-refractivity contribution in [2.75, 3.05) is 0 Å². The number of H-pyrrole nitrogens is 1. The van der Waals surface area contributed by atoms with Gasteiger partial charge in [-0.3, -0.25) is 0 Å². The Morgan fingerprint density at radius 3 is 2.83 bits per heavy atom. The van der Waals surface area contributed by atoms with Crippen molar-refractivity contribution in [2.45, 2.75) is 20.3 Å². The zero-order chi connectivity index (χ0) is 8.81. The highest BCUT2D eigenvalue weighted by Crippen LogP contribution is 2.10. The van der Waals surface area contributed by atoms with Crippen LogP contribution in [0.1, 0.15) is 25.0 Å². The lowest BCUT2D eigenvalue weighted by Crippen LogP contribution is -1.76. The molecular weight excluding hydrogens is 146 g/mol. The Labute approximate surface area is 73.8 Å². The Morgan fingerprint density at radius 1 is 1.33 bits per heavy atom. The van der Waals surface area contributed by atoms with Crippen LogP contribution in [0.25, 0.3) is 6.08 Å². The van der Waals surface area contributed by atoms with Gasteiger partial charge in [0.2, 0.25) is 0 Å². The predicted molar refractivity (Wildman–Crippen MR) is 54.0 cm³/mol. The van der Waals surface area contributed by atoms with E-state index in [0.717, 1.165) is 6.42 Å². The van der Waals surface area contributed by atoms with E-state index < -0.39 is 0 Å². The molecule has 1 heteroatoms. The summed E-state index contributed by atoms with van der Waals surface area (Å²) in [6, 6.07) is 0. The minimum absolute atomic E-state index is 1.08. The number of rotatable bonds is 3. The standard InChI is InChI=1S/C11H15N/c1-3-5-6-7-11-9-12-8-10(11)4-2/h3,5-9,12H,4H2,1-2H3/b5-3-,7-6-. The first kappa shape index (κ1) is 8.85. The smallest absolute Gasteiger partial charge is 0.00809 e. The average Bonchev–Trinajstić information content (AvgIpc) is 2.52. The molecular formula is C11H15N. The molecule has 0 fully saturated rings. The van der Waals surface area contributed by atoms with Gasteiger partial charge in [0.15, 0.2) is 0 Å². The van der Waals surface area contributed by atoms with Crippen LogP contribution in [0.15, 0.2) is 30.6 Å². The Morgan fingerprint density at radius 2 is 2.17 bits per heavy atom. The lowest BCUT2D eigenvalue weighted by molar-refractivity contribution is 1.14. The van der Waals surface area contributed by atoms with Gasteiger partial charge in [-0.15, -0.1) is 0 Å². The van der Waals surface area contributed by atoms with Crippen molar-refractivity contribution in [1.29, 1.82) is 0 Å². The summed E-state index contributed by atoms with van der Waals surface area (Å²) >= 11 is 0. The molecule has 12 heavy (non-hydrogen) atoms. The average molecular weight is 161 g/mol. The van der Waals surface area contributed by atoms with Gasteiger partial charge in [-0.25, -0.2) is 0 Å². The molecule has 0 aliphatic heterocycles. The van der Waals surface area contributed by atoms with E-state index in [-0.39, 0.29) is 0 Å². The lowest BCUT2D eigenvalue weighted by atomic mass is 10.1. The van der Waals surface area contributed by atoms with Crippen molar-refractivity contribution in [2.24, 2.45) is 0 Å². The van der Waals surface area contributed by atoms with Gasteiger partial charge >= 0.3 is 0 Å². The summed E-state index contributed by atoms with van der Waals surface area (Å²) in [5.41, 5.74) is 2.66. The minimum Gasteiger partial charge on any atom is -0.367 e. The third kappa shape index (κ3) is 2.12. The Balaban J connectivity index is 2.74. The number of aromatic nitrogens is 1. The summed E-state index contributed by atoms with van der Waals surface area (Å²) in [4.78, 5) is 3.10. The summed E-state index contributed by atoms with van der Waals surface area (Å²) in [6.45, 7) is 4.18. The van der Waals surface area contributed by atoms with E-state index in [1.54, 1.807) is 0 Å². The fourth-order valence-electron chi connectivity index (χ4n) is 1.14. The molecule has 0 saturated heterocycles. The molecule has 64 valence electrons. The van der Waals surface area contributed by atoms with Crippen LogP contribution >= 0.6 is 0 Å². The van der Waals surface area contributed by atoms with E-state index >= 15 is 0 Å². The maximum atomic E-state index is 3.10. The first-order valence-corrected chi connectivity index (χ1v) is 4.33. The Hall–Kier alpha value is -1.24. The molecule has 0 amide bonds. The van der Waals surface area contributed by atoms with Crippen molar-refractivity contribution in [3.63, 3.8) is 0 Å². The molecule has 0 spiro atoms. The molecule has 1 aromatic heterocycles. The SMILES string of the molecule is C/C=C\C=C/c1c[nH]cc1CC. The molecule has 1 heterocycles.